The van der Waals surface area contributed by atoms with E-state index in [2.05, 4.69) is 4.98 Å². The molecular formula is C15H19N3O3S. The number of aromatic amines is 1. The third kappa shape index (κ3) is 2.62. The number of primary sulfonamides is 1. The molecule has 0 spiro atoms. The van der Waals surface area contributed by atoms with Gasteiger partial charge in [-0.1, -0.05) is 18.2 Å². The summed E-state index contributed by atoms with van der Waals surface area (Å²) in [5, 5.41) is 5.43. The maximum absolute atomic E-state index is 12.8. The molecule has 2 heterocycles. The topological polar surface area (TPSA) is 96.3 Å². The molecule has 0 radical (unpaired) electrons. The van der Waals surface area contributed by atoms with Crippen molar-refractivity contribution in [1.82, 2.24) is 9.88 Å². The Bertz CT molecular complexity index is 826. The first-order valence-electron chi connectivity index (χ1n) is 7.26. The van der Waals surface area contributed by atoms with Gasteiger partial charge in [-0.2, -0.15) is 0 Å². The number of nitrogens with two attached hydrogens (primary N) is 1. The van der Waals surface area contributed by atoms with Crippen LogP contribution in [0, 0.1) is 6.92 Å². The molecule has 1 amide bonds. The van der Waals surface area contributed by atoms with Crippen LogP contribution < -0.4 is 5.14 Å². The van der Waals surface area contributed by atoms with Gasteiger partial charge in [0.25, 0.3) is 5.91 Å². The monoisotopic (exact) mass is 321 g/mol. The number of sulfonamides is 1. The number of para-hydroxylation sites is 1. The number of nitrogens with zero attached hydrogens (tertiary/aromatic N) is 1. The zero-order valence-corrected chi connectivity index (χ0v) is 13.2. The predicted octanol–water partition coefficient (Wildman–Crippen LogP) is 1.37. The summed E-state index contributed by atoms with van der Waals surface area (Å²) < 4.78 is 23.1. The Morgan fingerprint density at radius 3 is 2.82 bits per heavy atom. The highest BCUT2D eigenvalue weighted by Crippen LogP contribution is 2.25. The fourth-order valence-corrected chi connectivity index (χ4v) is 3.98. The average Bonchev–Trinajstić information content (AvgIpc) is 2.81. The number of carbonyl (C=O) groups excluding carboxylic acids is 1. The number of aromatic nitrogens is 1. The van der Waals surface area contributed by atoms with E-state index in [0.717, 1.165) is 16.6 Å². The second kappa shape index (κ2) is 5.40. The SMILES string of the molecule is Cc1[nH]c2ccccc2c1C(=O)N1CCCC(S(N)(=O)=O)C1. The Hall–Kier alpha value is -1.86. The maximum atomic E-state index is 12.8. The van der Waals surface area contributed by atoms with Crippen LogP contribution in [0.25, 0.3) is 10.9 Å². The molecule has 3 N–H and O–H groups in total. The van der Waals surface area contributed by atoms with Crippen molar-refractivity contribution in [2.75, 3.05) is 13.1 Å². The molecule has 0 aliphatic carbocycles. The van der Waals surface area contributed by atoms with Crippen molar-refractivity contribution in [2.24, 2.45) is 5.14 Å². The van der Waals surface area contributed by atoms with E-state index in [1.54, 1.807) is 4.90 Å². The van der Waals surface area contributed by atoms with Crippen LogP contribution in [0.5, 0.6) is 0 Å². The number of H-pyrrole nitrogens is 1. The normalized spacial score (nSPS) is 19.5. The molecule has 1 atom stereocenters. The van der Waals surface area contributed by atoms with Crippen molar-refractivity contribution in [1.29, 1.82) is 0 Å². The summed E-state index contributed by atoms with van der Waals surface area (Å²) in [6, 6.07) is 7.61. The highest BCUT2D eigenvalue weighted by atomic mass is 32.2. The Morgan fingerprint density at radius 2 is 2.09 bits per heavy atom. The number of piperidine rings is 1. The lowest BCUT2D eigenvalue weighted by Gasteiger charge is -2.31. The van der Waals surface area contributed by atoms with Gasteiger partial charge in [0.2, 0.25) is 10.0 Å². The van der Waals surface area contributed by atoms with Crippen molar-refractivity contribution >= 4 is 26.8 Å². The van der Waals surface area contributed by atoms with E-state index in [4.69, 9.17) is 5.14 Å². The van der Waals surface area contributed by atoms with Gasteiger partial charge in [0.15, 0.2) is 0 Å². The number of amides is 1. The first-order chi connectivity index (χ1) is 10.4. The van der Waals surface area contributed by atoms with Gasteiger partial charge in [0.1, 0.15) is 0 Å². The van der Waals surface area contributed by atoms with E-state index < -0.39 is 15.3 Å². The molecule has 1 fully saturated rings. The third-order valence-electron chi connectivity index (χ3n) is 4.24. The van der Waals surface area contributed by atoms with Gasteiger partial charge in [0, 0.05) is 29.7 Å². The van der Waals surface area contributed by atoms with Gasteiger partial charge in [-0.3, -0.25) is 4.79 Å². The number of carbonyl (C=O) groups is 1. The number of benzene rings is 1. The molecule has 0 bridgehead atoms. The number of hydrogen-bond donors (Lipinski definition) is 2. The summed E-state index contributed by atoms with van der Waals surface area (Å²) in [7, 11) is -3.62. The number of aryl methyl sites for hydroxylation is 1. The largest absolute Gasteiger partial charge is 0.358 e. The Labute approximate surface area is 129 Å². The van der Waals surface area contributed by atoms with Gasteiger partial charge in [-0.05, 0) is 25.8 Å². The van der Waals surface area contributed by atoms with E-state index in [-0.39, 0.29) is 12.5 Å². The van der Waals surface area contributed by atoms with Gasteiger partial charge in [-0.25, -0.2) is 13.6 Å². The van der Waals surface area contributed by atoms with Crippen LogP contribution >= 0.6 is 0 Å². The van der Waals surface area contributed by atoms with Gasteiger partial charge in [0.05, 0.1) is 10.8 Å². The second-order valence-electron chi connectivity index (χ2n) is 5.78. The van der Waals surface area contributed by atoms with E-state index >= 15 is 0 Å². The van der Waals surface area contributed by atoms with E-state index in [9.17, 15) is 13.2 Å². The molecule has 1 aliphatic heterocycles. The quantitative estimate of drug-likeness (QED) is 0.874. The predicted molar refractivity (Wildman–Crippen MR) is 85.1 cm³/mol. The average molecular weight is 321 g/mol. The van der Waals surface area contributed by atoms with Crippen LogP contribution in [-0.4, -0.2) is 42.5 Å². The fourth-order valence-electron chi connectivity index (χ4n) is 3.10. The second-order valence-corrected chi connectivity index (χ2v) is 7.62. The van der Waals surface area contributed by atoms with Crippen molar-refractivity contribution in [2.45, 2.75) is 25.0 Å². The summed E-state index contributed by atoms with van der Waals surface area (Å²) >= 11 is 0. The summed E-state index contributed by atoms with van der Waals surface area (Å²) in [5.74, 6) is -0.136. The minimum absolute atomic E-state index is 0.136. The zero-order chi connectivity index (χ0) is 15.9. The highest BCUT2D eigenvalue weighted by molar-refractivity contribution is 7.89. The van der Waals surface area contributed by atoms with Crippen molar-refractivity contribution in [3.05, 3.63) is 35.5 Å². The van der Waals surface area contributed by atoms with Crippen molar-refractivity contribution in [3.8, 4) is 0 Å². The van der Waals surface area contributed by atoms with E-state index in [0.29, 0.717) is 24.9 Å². The first-order valence-corrected chi connectivity index (χ1v) is 8.87. The lowest BCUT2D eigenvalue weighted by molar-refractivity contribution is 0.0728. The molecule has 1 saturated heterocycles. The fraction of sp³-hybridized carbons (Fsp3) is 0.400. The molecule has 22 heavy (non-hydrogen) atoms. The molecule has 1 aromatic carbocycles. The van der Waals surface area contributed by atoms with Gasteiger partial charge in [-0.15, -0.1) is 0 Å². The maximum Gasteiger partial charge on any atom is 0.256 e. The number of hydrogen-bond acceptors (Lipinski definition) is 3. The van der Waals surface area contributed by atoms with Crippen molar-refractivity contribution in [3.63, 3.8) is 0 Å². The van der Waals surface area contributed by atoms with E-state index in [1.165, 1.54) is 0 Å². The van der Waals surface area contributed by atoms with Crippen molar-refractivity contribution < 1.29 is 13.2 Å². The summed E-state index contributed by atoms with van der Waals surface area (Å²) in [4.78, 5) is 17.6. The summed E-state index contributed by atoms with van der Waals surface area (Å²) in [6.07, 6.45) is 1.16. The van der Waals surface area contributed by atoms with Crippen LogP contribution in [0.3, 0.4) is 0 Å². The smallest absolute Gasteiger partial charge is 0.256 e. The molecule has 1 unspecified atom stereocenters. The summed E-state index contributed by atoms with van der Waals surface area (Å²) in [6.45, 7) is 2.58. The molecule has 1 aliphatic rings. The Morgan fingerprint density at radius 1 is 1.36 bits per heavy atom. The van der Waals surface area contributed by atoms with Gasteiger partial charge < -0.3 is 9.88 Å². The molecule has 3 rings (SSSR count). The van der Waals surface area contributed by atoms with Crippen LogP contribution in [0.1, 0.15) is 28.9 Å². The molecule has 2 aromatic rings. The molecule has 118 valence electrons. The number of rotatable bonds is 2. The van der Waals surface area contributed by atoms with Gasteiger partial charge >= 0.3 is 0 Å². The number of nitrogens with one attached hydrogen (secondary N) is 1. The van der Waals surface area contributed by atoms with Crippen LogP contribution in [0.15, 0.2) is 24.3 Å². The van der Waals surface area contributed by atoms with Crippen LogP contribution in [-0.2, 0) is 10.0 Å². The molecule has 0 saturated carbocycles. The summed E-state index contributed by atoms with van der Waals surface area (Å²) in [5.41, 5.74) is 2.32. The standard InChI is InChI=1S/C15H19N3O3S/c1-10-14(12-6-2-3-7-13(12)17-10)15(19)18-8-4-5-11(9-18)22(16,20)21/h2-3,6-7,11,17H,4-5,8-9H2,1H3,(H2,16,20,21). The lowest BCUT2D eigenvalue weighted by atomic mass is 10.1. The minimum atomic E-state index is -3.62. The molecular weight excluding hydrogens is 302 g/mol. The Balaban J connectivity index is 1.94. The van der Waals surface area contributed by atoms with Crippen LogP contribution in [0.2, 0.25) is 0 Å². The number of fused-ring (bicyclic) bond motifs is 1. The molecule has 1 aromatic heterocycles. The zero-order valence-electron chi connectivity index (χ0n) is 12.4. The first kappa shape index (κ1) is 15.1. The highest BCUT2D eigenvalue weighted by Gasteiger charge is 2.32. The molecule has 6 nitrogen and oxygen atoms in total. The van der Waals surface area contributed by atoms with E-state index in [1.807, 2.05) is 31.2 Å². The minimum Gasteiger partial charge on any atom is -0.358 e. The van der Waals surface area contributed by atoms with Crippen LogP contribution in [0.4, 0.5) is 0 Å². The third-order valence-corrected chi connectivity index (χ3v) is 5.55. The number of likely N-dealkylation sites (tertiary alicyclic amines) is 1. The molecule has 7 heteroatoms. The Kier molecular flexibility index (Phi) is 3.70. The lowest BCUT2D eigenvalue weighted by Crippen LogP contribution is -2.47.